The van der Waals surface area contributed by atoms with E-state index in [0.29, 0.717) is 6.07 Å². The van der Waals surface area contributed by atoms with Crippen molar-refractivity contribution in [1.29, 1.82) is 0 Å². The molecule has 6 nitrogen and oxygen atoms in total. The lowest BCUT2D eigenvalue weighted by Gasteiger charge is -2.10. The van der Waals surface area contributed by atoms with Crippen LogP contribution in [0.25, 0.3) is 10.9 Å². The van der Waals surface area contributed by atoms with Gasteiger partial charge in [-0.25, -0.2) is 39.7 Å². The number of pyridine rings is 1. The second-order valence-corrected chi connectivity index (χ2v) is 7.30. The summed E-state index contributed by atoms with van der Waals surface area (Å²) in [5, 5.41) is -0.239. The van der Waals surface area contributed by atoms with Gasteiger partial charge >= 0.3 is 0 Å². The first-order chi connectivity index (χ1) is 13.6. The number of rotatable bonds is 7. The number of aromatic amines is 1. The molecule has 29 heavy (non-hydrogen) atoms. The largest absolute Gasteiger partial charge is 0.486 e. The molecule has 0 radical (unpaired) electrons. The van der Waals surface area contributed by atoms with E-state index in [1.807, 2.05) is 4.72 Å². The van der Waals surface area contributed by atoms with Gasteiger partial charge in [0.1, 0.15) is 17.3 Å². The molecule has 0 bridgehead atoms. The zero-order chi connectivity index (χ0) is 21.3. The third-order valence-corrected chi connectivity index (χ3v) is 5.11. The first-order valence-electron chi connectivity index (χ1n) is 7.77. The van der Waals surface area contributed by atoms with Gasteiger partial charge in [0.05, 0.1) is 17.3 Å². The maximum atomic E-state index is 14.1. The summed E-state index contributed by atoms with van der Waals surface area (Å²) in [6, 6.07) is 2.37. The lowest BCUT2D eigenvalue weighted by Crippen LogP contribution is -2.15. The molecule has 1 aromatic carbocycles. The third-order valence-electron chi connectivity index (χ3n) is 3.73. The Kier molecular flexibility index (Phi) is 5.59. The fourth-order valence-electron chi connectivity index (χ4n) is 2.46. The molecule has 2 heterocycles. The minimum atomic E-state index is -4.51. The van der Waals surface area contributed by atoms with E-state index in [1.54, 1.807) is 0 Å². The van der Waals surface area contributed by atoms with E-state index in [4.69, 9.17) is 0 Å². The van der Waals surface area contributed by atoms with Crippen LogP contribution in [-0.4, -0.2) is 31.4 Å². The molecule has 2 aromatic heterocycles. The standard InChI is InChI=1S/C16H11F6N3O3S/c17-10-3-7(28-6-12(18)19)4-24-16(10)25-29(26,27)11-5-23-14-8(11)1-2-9(13(14)20)15(21)22/h1-5,12,15,23H,6H2,(H,24,25). The number of hydrogen-bond acceptors (Lipinski definition) is 4. The summed E-state index contributed by atoms with van der Waals surface area (Å²) in [5.74, 6) is -3.65. The third kappa shape index (κ3) is 4.23. The van der Waals surface area contributed by atoms with Crippen LogP contribution in [0.2, 0.25) is 0 Å². The summed E-state index contributed by atoms with van der Waals surface area (Å²) in [5.41, 5.74) is -1.38. The number of H-pyrrole nitrogens is 1. The zero-order valence-electron chi connectivity index (χ0n) is 14.1. The SMILES string of the molecule is O=S(=O)(Nc1ncc(OCC(F)F)cc1F)c1c[nH]c2c(F)c(C(F)F)ccc12. The molecule has 0 atom stereocenters. The Bertz CT molecular complexity index is 1150. The topological polar surface area (TPSA) is 84.1 Å². The Hall–Kier alpha value is -2.96. The fraction of sp³-hybridized carbons (Fsp3) is 0.188. The Morgan fingerprint density at radius 2 is 1.90 bits per heavy atom. The van der Waals surface area contributed by atoms with Crippen molar-refractivity contribution < 1.29 is 39.5 Å². The normalized spacial score (nSPS) is 12.1. The maximum absolute atomic E-state index is 14.1. The van der Waals surface area contributed by atoms with Crippen LogP contribution in [-0.2, 0) is 10.0 Å². The molecule has 0 fully saturated rings. The molecule has 0 spiro atoms. The molecule has 0 unspecified atom stereocenters. The van der Waals surface area contributed by atoms with Crippen molar-refractivity contribution in [1.82, 2.24) is 9.97 Å². The molecule has 0 aliphatic heterocycles. The van der Waals surface area contributed by atoms with Crippen molar-refractivity contribution in [2.45, 2.75) is 17.7 Å². The number of anilines is 1. The van der Waals surface area contributed by atoms with Gasteiger partial charge in [-0.1, -0.05) is 6.07 Å². The molecule has 0 aliphatic carbocycles. The average Bonchev–Trinajstić information content (AvgIpc) is 3.08. The molecule has 13 heteroatoms. The Morgan fingerprint density at radius 3 is 2.52 bits per heavy atom. The van der Waals surface area contributed by atoms with Crippen LogP contribution < -0.4 is 9.46 Å². The highest BCUT2D eigenvalue weighted by atomic mass is 32.2. The number of nitrogens with one attached hydrogen (secondary N) is 2. The molecular formula is C16H11F6N3O3S. The number of aromatic nitrogens is 2. The maximum Gasteiger partial charge on any atom is 0.272 e. The molecule has 156 valence electrons. The number of fused-ring (bicyclic) bond motifs is 1. The molecule has 2 N–H and O–H groups in total. The van der Waals surface area contributed by atoms with Crippen LogP contribution in [0, 0.1) is 11.6 Å². The monoisotopic (exact) mass is 439 g/mol. The van der Waals surface area contributed by atoms with Crippen molar-refractivity contribution in [3.63, 3.8) is 0 Å². The van der Waals surface area contributed by atoms with Gasteiger partial charge in [0.25, 0.3) is 22.9 Å². The van der Waals surface area contributed by atoms with E-state index in [0.717, 1.165) is 24.5 Å². The van der Waals surface area contributed by atoms with Gasteiger partial charge in [0.2, 0.25) is 0 Å². The van der Waals surface area contributed by atoms with Gasteiger partial charge in [0.15, 0.2) is 17.5 Å². The van der Waals surface area contributed by atoms with E-state index in [9.17, 15) is 34.8 Å². The van der Waals surface area contributed by atoms with Gasteiger partial charge in [-0.3, -0.25) is 4.72 Å². The summed E-state index contributed by atoms with van der Waals surface area (Å²) in [4.78, 5) is 5.19. The summed E-state index contributed by atoms with van der Waals surface area (Å²) >= 11 is 0. The highest BCUT2D eigenvalue weighted by Crippen LogP contribution is 2.32. The number of benzene rings is 1. The summed E-state index contributed by atoms with van der Waals surface area (Å²) < 4.78 is 109. The highest BCUT2D eigenvalue weighted by Gasteiger charge is 2.25. The molecule has 0 aliphatic rings. The Morgan fingerprint density at radius 1 is 1.17 bits per heavy atom. The lowest BCUT2D eigenvalue weighted by atomic mass is 10.1. The van der Waals surface area contributed by atoms with E-state index >= 15 is 0 Å². The first kappa shape index (κ1) is 20.8. The molecule has 0 saturated carbocycles. The van der Waals surface area contributed by atoms with Gasteiger partial charge < -0.3 is 9.72 Å². The highest BCUT2D eigenvalue weighted by molar-refractivity contribution is 7.93. The van der Waals surface area contributed by atoms with E-state index in [2.05, 4.69) is 14.7 Å². The Balaban J connectivity index is 1.91. The number of nitrogens with zero attached hydrogens (tertiary/aromatic N) is 1. The van der Waals surface area contributed by atoms with Gasteiger partial charge in [0, 0.05) is 17.6 Å². The number of hydrogen-bond donors (Lipinski definition) is 2. The van der Waals surface area contributed by atoms with Crippen molar-refractivity contribution in [2.24, 2.45) is 0 Å². The van der Waals surface area contributed by atoms with Crippen LogP contribution in [0.5, 0.6) is 5.75 Å². The molecule has 0 saturated heterocycles. The van der Waals surface area contributed by atoms with Crippen molar-refractivity contribution >= 4 is 26.7 Å². The van der Waals surface area contributed by atoms with Crippen molar-refractivity contribution in [2.75, 3.05) is 11.3 Å². The number of ether oxygens (including phenoxy) is 1. The first-order valence-corrected chi connectivity index (χ1v) is 9.25. The predicted molar refractivity (Wildman–Crippen MR) is 89.7 cm³/mol. The number of sulfonamides is 1. The van der Waals surface area contributed by atoms with Gasteiger partial charge in [-0.05, 0) is 6.07 Å². The predicted octanol–water partition coefficient (Wildman–Crippen LogP) is 4.22. The van der Waals surface area contributed by atoms with Crippen LogP contribution >= 0.6 is 0 Å². The molecule has 3 aromatic rings. The second-order valence-electron chi connectivity index (χ2n) is 5.65. The Labute approximate surface area is 159 Å². The number of alkyl halides is 4. The van der Waals surface area contributed by atoms with Crippen LogP contribution in [0.3, 0.4) is 0 Å². The van der Waals surface area contributed by atoms with E-state index in [1.165, 1.54) is 0 Å². The summed E-state index contributed by atoms with van der Waals surface area (Å²) in [6.07, 6.45) is -4.23. The number of halogens is 6. The lowest BCUT2D eigenvalue weighted by molar-refractivity contribution is 0.0815. The minimum absolute atomic E-state index is 0.239. The molecular weight excluding hydrogens is 428 g/mol. The minimum Gasteiger partial charge on any atom is -0.486 e. The van der Waals surface area contributed by atoms with Crippen molar-refractivity contribution in [3.8, 4) is 5.75 Å². The smallest absolute Gasteiger partial charge is 0.272 e. The second kappa shape index (κ2) is 7.81. The zero-order valence-corrected chi connectivity index (χ0v) is 14.9. The quantitative estimate of drug-likeness (QED) is 0.540. The molecule has 3 rings (SSSR count). The summed E-state index contributed by atoms with van der Waals surface area (Å²) in [7, 11) is -4.51. The van der Waals surface area contributed by atoms with Gasteiger partial charge in [-0.15, -0.1) is 0 Å². The van der Waals surface area contributed by atoms with Gasteiger partial charge in [-0.2, -0.15) is 0 Å². The van der Waals surface area contributed by atoms with Crippen LogP contribution in [0.1, 0.15) is 12.0 Å². The van der Waals surface area contributed by atoms with Crippen molar-refractivity contribution in [3.05, 3.63) is 47.8 Å². The van der Waals surface area contributed by atoms with E-state index < -0.39 is 62.9 Å². The van der Waals surface area contributed by atoms with E-state index in [-0.39, 0.29) is 11.1 Å². The fourth-order valence-corrected chi connectivity index (χ4v) is 3.65. The summed E-state index contributed by atoms with van der Waals surface area (Å²) in [6.45, 7) is -1.01. The van der Waals surface area contributed by atoms with Crippen LogP contribution in [0.4, 0.5) is 32.2 Å². The average molecular weight is 439 g/mol. The molecule has 0 amide bonds. The van der Waals surface area contributed by atoms with Crippen LogP contribution in [0.15, 0.2) is 35.5 Å².